The first-order chi connectivity index (χ1) is 47.9. The van der Waals surface area contributed by atoms with Crippen LogP contribution in [-0.2, 0) is 42.8 Å². The molecule has 0 aliphatic carbocycles. The number of carbonyl (C=O) groups excluding carboxylic acids is 2. The lowest BCUT2D eigenvalue weighted by Crippen LogP contribution is -2.70. The minimum atomic E-state index is -3.08. The largest absolute Gasteiger partial charge is 0.477 e. The zero-order chi connectivity index (χ0) is 72.5. The number of carboxylic acid groups (broad SMARTS) is 1. The average molecular weight is 1420 g/mol. The first kappa shape index (κ1) is 90.7. The highest BCUT2D eigenvalue weighted by Gasteiger charge is 2.60. The molecule has 14 N–H and O–H groups in total. The van der Waals surface area contributed by atoms with Crippen LogP contribution in [0.4, 0.5) is 0 Å². The highest BCUT2D eigenvalue weighted by atomic mass is 16.8. The number of unbranched alkanes of at least 4 members (excludes halogenated alkanes) is 40. The minimum absolute atomic E-state index is 0.220. The summed E-state index contributed by atoms with van der Waals surface area (Å²) in [5, 5.41) is 137. The van der Waals surface area contributed by atoms with Gasteiger partial charge in [-0.2, -0.15) is 0 Å². The molecule has 18 unspecified atom stereocenters. The van der Waals surface area contributed by atoms with Crippen molar-refractivity contribution in [1.82, 2.24) is 10.6 Å². The van der Waals surface area contributed by atoms with E-state index in [1.165, 1.54) is 186 Å². The third-order valence-corrected chi connectivity index (χ3v) is 20.2. The third kappa shape index (κ3) is 36.8. The summed E-state index contributed by atoms with van der Waals surface area (Å²) < 4.78 is 35.0. The number of rotatable bonds is 62. The van der Waals surface area contributed by atoms with Crippen LogP contribution in [0.1, 0.15) is 316 Å². The lowest BCUT2D eigenvalue weighted by atomic mass is 9.88. The van der Waals surface area contributed by atoms with Crippen molar-refractivity contribution in [3.8, 4) is 0 Å². The molecule has 0 spiro atoms. The molecule has 3 aliphatic heterocycles. The molecule has 3 fully saturated rings. The topological polar surface area (TPSA) is 373 Å². The summed E-state index contributed by atoms with van der Waals surface area (Å²) in [4.78, 5) is 38.7. The summed E-state index contributed by atoms with van der Waals surface area (Å²) in [5.41, 5.74) is 0. The van der Waals surface area contributed by atoms with E-state index in [0.717, 1.165) is 84.0 Å². The number of carboxylic acids is 1. The predicted octanol–water partition coefficient (Wildman–Crippen LogP) is 9.80. The van der Waals surface area contributed by atoms with Crippen LogP contribution in [0.15, 0.2) is 12.2 Å². The van der Waals surface area contributed by atoms with E-state index in [1.807, 2.05) is 0 Å². The van der Waals surface area contributed by atoms with Gasteiger partial charge in [0.15, 0.2) is 12.6 Å². The van der Waals surface area contributed by atoms with Gasteiger partial charge in [0.1, 0.15) is 67.1 Å². The molecular formula is C76H142N2O21. The molecule has 18 atom stereocenters. The van der Waals surface area contributed by atoms with E-state index in [0.29, 0.717) is 19.3 Å². The molecule has 3 aliphatic rings. The first-order valence-electron chi connectivity index (χ1n) is 39.5. The van der Waals surface area contributed by atoms with E-state index in [2.05, 4.69) is 36.6 Å². The SMILES string of the molecule is CCCCCCCCCCC/C=C\CCCCCCCCCC(=O)NC(COC1OC(CO)C(OC2OC(CO)C(O)C(OC3(C(=O)O)CC(O)C(NC(C)=O)C(C(O)C(O)CO)O3)C2O)C(O)C1O)C(O)CCCCCCCCCCCCCCCCCCCCCCCCCCC. The number of allylic oxidation sites excluding steroid dienone is 2. The van der Waals surface area contributed by atoms with Crippen LogP contribution < -0.4 is 10.6 Å². The number of carbonyl (C=O) groups is 3. The Kier molecular flexibility index (Phi) is 51.2. The molecule has 0 radical (unpaired) electrons. The third-order valence-electron chi connectivity index (χ3n) is 20.2. The van der Waals surface area contributed by atoms with Crippen LogP contribution in [0.3, 0.4) is 0 Å². The number of hydrogen-bond acceptors (Lipinski definition) is 20. The van der Waals surface area contributed by atoms with Gasteiger partial charge in [-0.15, -0.1) is 0 Å². The molecule has 0 bridgehead atoms. The van der Waals surface area contributed by atoms with Crippen molar-refractivity contribution in [3.63, 3.8) is 0 Å². The van der Waals surface area contributed by atoms with Gasteiger partial charge in [0, 0.05) is 19.8 Å². The number of aliphatic hydroxyl groups is 11. The molecule has 23 heteroatoms. The molecule has 3 heterocycles. The monoisotopic (exact) mass is 1420 g/mol. The zero-order valence-corrected chi connectivity index (χ0v) is 61.4. The molecule has 3 rings (SSSR count). The van der Waals surface area contributed by atoms with Gasteiger partial charge in [-0.3, -0.25) is 9.59 Å². The molecule has 99 heavy (non-hydrogen) atoms. The van der Waals surface area contributed by atoms with E-state index in [4.69, 9.17) is 28.4 Å². The van der Waals surface area contributed by atoms with E-state index in [-0.39, 0.29) is 18.9 Å². The second-order valence-electron chi connectivity index (χ2n) is 28.9. The Labute approximate surface area is 594 Å². The Bertz CT molecular complexity index is 2030. The molecule has 2 amide bonds. The van der Waals surface area contributed by atoms with Crippen molar-refractivity contribution in [1.29, 1.82) is 0 Å². The van der Waals surface area contributed by atoms with Gasteiger partial charge in [-0.1, -0.05) is 270 Å². The maximum atomic E-state index is 13.5. The summed E-state index contributed by atoms with van der Waals surface area (Å²) in [6, 6.07) is -2.53. The normalized spacial score (nSPS) is 27.1. The number of aliphatic hydroxyl groups excluding tert-OH is 11. The summed E-state index contributed by atoms with van der Waals surface area (Å²) in [5.74, 6) is -6.10. The maximum absolute atomic E-state index is 13.5. The number of hydrogen-bond donors (Lipinski definition) is 14. The quantitative estimate of drug-likeness (QED) is 0.0199. The van der Waals surface area contributed by atoms with E-state index in [1.54, 1.807) is 0 Å². The summed E-state index contributed by atoms with van der Waals surface area (Å²) in [7, 11) is 0. The number of aliphatic carboxylic acids is 1. The maximum Gasteiger partial charge on any atom is 0.364 e. The van der Waals surface area contributed by atoms with Crippen molar-refractivity contribution in [2.75, 3.05) is 26.4 Å². The van der Waals surface area contributed by atoms with Gasteiger partial charge in [-0.25, -0.2) is 4.79 Å². The van der Waals surface area contributed by atoms with Crippen molar-refractivity contribution in [2.24, 2.45) is 0 Å². The van der Waals surface area contributed by atoms with Crippen LogP contribution in [0, 0.1) is 0 Å². The van der Waals surface area contributed by atoms with Crippen molar-refractivity contribution in [3.05, 3.63) is 12.2 Å². The highest BCUT2D eigenvalue weighted by Crippen LogP contribution is 2.39. The Morgan fingerprint density at radius 1 is 0.515 bits per heavy atom. The van der Waals surface area contributed by atoms with Gasteiger partial charge in [0.2, 0.25) is 11.8 Å². The molecule has 23 nitrogen and oxygen atoms in total. The Morgan fingerprint density at radius 2 is 0.939 bits per heavy atom. The molecule has 582 valence electrons. The lowest BCUT2D eigenvalue weighted by molar-refractivity contribution is -0.386. The number of amides is 2. The van der Waals surface area contributed by atoms with Crippen molar-refractivity contribution < 1.29 is 104 Å². The second kappa shape index (κ2) is 55.9. The van der Waals surface area contributed by atoms with Crippen molar-refractivity contribution in [2.45, 2.75) is 426 Å². The van der Waals surface area contributed by atoms with Crippen LogP contribution in [0.25, 0.3) is 0 Å². The fourth-order valence-corrected chi connectivity index (χ4v) is 13.9. The molecule has 0 aromatic rings. The summed E-state index contributed by atoms with van der Waals surface area (Å²) >= 11 is 0. The summed E-state index contributed by atoms with van der Waals surface area (Å²) in [6.45, 7) is 2.25. The average Bonchev–Trinajstić information content (AvgIpc) is 0.757. The fraction of sp³-hybridized carbons (Fsp3) is 0.934. The van der Waals surface area contributed by atoms with Crippen LogP contribution in [-0.4, -0.2) is 215 Å². The predicted molar refractivity (Wildman–Crippen MR) is 380 cm³/mol. The molecule has 0 saturated carbocycles. The number of ether oxygens (including phenoxy) is 6. The number of nitrogens with one attached hydrogen (secondary N) is 2. The summed E-state index contributed by atoms with van der Waals surface area (Å²) in [6.07, 6.45) is 29.2. The molecule has 0 aromatic carbocycles. The van der Waals surface area contributed by atoms with Crippen molar-refractivity contribution >= 4 is 17.8 Å². The second-order valence-corrected chi connectivity index (χ2v) is 28.9. The van der Waals surface area contributed by atoms with Crippen LogP contribution >= 0.6 is 0 Å². The molecular weight excluding hydrogens is 1280 g/mol. The molecule has 3 saturated heterocycles. The van der Waals surface area contributed by atoms with Gasteiger partial charge in [-0.05, 0) is 38.5 Å². The van der Waals surface area contributed by atoms with Gasteiger partial charge in [0.25, 0.3) is 5.79 Å². The van der Waals surface area contributed by atoms with E-state index >= 15 is 0 Å². The molecule has 0 aromatic heterocycles. The zero-order valence-electron chi connectivity index (χ0n) is 61.4. The Hall–Kier alpha value is -2.53. The standard InChI is InChI=1S/C76H142N2O21/c1-4-6-8-10-12-14-16-18-20-22-24-26-27-28-29-30-31-33-35-37-39-41-43-45-47-49-58(83)57(78-63(86)50-48-46-44-42-40-38-36-34-32-25-23-21-19-17-15-13-11-9-7-5-2)55-94-73-68(90)67(89)70(62(54-81)96-73)97-74-69(91)72(66(88)61(53-80)95-74)99-76(75(92)93)51-59(84)64(77-56(3)82)71(98-76)65(87)60(85)52-79/h25,32,57-62,64-74,79-81,83-85,87-91H,4-24,26-31,33-55H2,1-3H3,(H,77,82)(H,78,86)(H,92,93)/b32-25-. The highest BCUT2D eigenvalue weighted by molar-refractivity contribution is 5.77. The minimum Gasteiger partial charge on any atom is -0.477 e. The Morgan fingerprint density at radius 3 is 1.36 bits per heavy atom. The van der Waals surface area contributed by atoms with E-state index < -0.39 is 148 Å². The van der Waals surface area contributed by atoms with E-state index in [9.17, 15) is 75.7 Å². The van der Waals surface area contributed by atoms with Crippen LogP contribution in [0.5, 0.6) is 0 Å². The van der Waals surface area contributed by atoms with Crippen LogP contribution in [0.2, 0.25) is 0 Å². The lowest BCUT2D eigenvalue weighted by Gasteiger charge is -2.50. The smallest absolute Gasteiger partial charge is 0.364 e. The van der Waals surface area contributed by atoms with Gasteiger partial charge in [0.05, 0.1) is 50.7 Å². The van der Waals surface area contributed by atoms with Gasteiger partial charge < -0.3 is 100 Å². The fourth-order valence-electron chi connectivity index (χ4n) is 13.9. The first-order valence-corrected chi connectivity index (χ1v) is 39.5. The van der Waals surface area contributed by atoms with Gasteiger partial charge >= 0.3 is 5.97 Å². The Balaban J connectivity index is 1.53.